The molecule has 0 saturated carbocycles. The van der Waals surface area contributed by atoms with E-state index in [9.17, 15) is 19.2 Å². The van der Waals surface area contributed by atoms with Gasteiger partial charge in [-0.3, -0.25) is 19.2 Å². The van der Waals surface area contributed by atoms with Crippen LogP contribution in [0.3, 0.4) is 0 Å². The van der Waals surface area contributed by atoms with Crippen molar-refractivity contribution >= 4 is 23.6 Å². The van der Waals surface area contributed by atoms with Gasteiger partial charge in [-0.2, -0.15) is 0 Å². The van der Waals surface area contributed by atoms with E-state index < -0.39 is 35.8 Å². The van der Waals surface area contributed by atoms with Gasteiger partial charge in [0.15, 0.2) is 0 Å². The average molecular weight is 422 g/mol. The third-order valence-corrected chi connectivity index (χ3v) is 5.18. The highest BCUT2D eigenvalue weighted by atomic mass is 16.2. The van der Waals surface area contributed by atoms with Crippen LogP contribution in [-0.2, 0) is 32.0 Å². The van der Waals surface area contributed by atoms with E-state index >= 15 is 0 Å². The molecule has 1 saturated heterocycles. The van der Waals surface area contributed by atoms with Gasteiger partial charge in [-0.25, -0.2) is 0 Å². The second-order valence-electron chi connectivity index (χ2n) is 7.73. The molecule has 3 atom stereocenters. The van der Waals surface area contributed by atoms with Gasteiger partial charge < -0.3 is 21.7 Å². The maximum atomic E-state index is 12.4. The van der Waals surface area contributed by atoms with Crippen molar-refractivity contribution < 1.29 is 19.2 Å². The first-order valence-corrected chi connectivity index (χ1v) is 10.1. The van der Waals surface area contributed by atoms with E-state index in [1.165, 1.54) is 0 Å². The van der Waals surface area contributed by atoms with Crippen molar-refractivity contribution in [1.29, 1.82) is 0 Å². The summed E-state index contributed by atoms with van der Waals surface area (Å²) in [5.41, 5.74) is 8.28. The summed E-state index contributed by atoms with van der Waals surface area (Å²) in [6, 6.07) is 14.2. The van der Waals surface area contributed by atoms with Gasteiger partial charge >= 0.3 is 0 Å². The van der Waals surface area contributed by atoms with Crippen LogP contribution in [-0.4, -0.2) is 41.8 Å². The van der Waals surface area contributed by atoms with E-state index in [2.05, 4.69) is 16.0 Å². The van der Waals surface area contributed by atoms with Gasteiger partial charge in [0, 0.05) is 12.8 Å². The van der Waals surface area contributed by atoms with Crippen molar-refractivity contribution in [1.82, 2.24) is 16.0 Å². The number of primary amides is 1. The van der Waals surface area contributed by atoms with Crippen LogP contribution in [0.25, 0.3) is 0 Å². The number of rotatable bonds is 8. The molecule has 0 aromatic heterocycles. The lowest BCUT2D eigenvalue weighted by molar-refractivity contribution is -0.138. The number of hydrogen-bond donors (Lipinski definition) is 4. The van der Waals surface area contributed by atoms with Crippen LogP contribution in [0.15, 0.2) is 54.6 Å². The normalized spacial score (nSPS) is 19.1. The summed E-state index contributed by atoms with van der Waals surface area (Å²) in [6.45, 7) is 1.95. The molecule has 1 heterocycles. The Bertz CT molecular complexity index is 959. The number of piperazine rings is 1. The van der Waals surface area contributed by atoms with Crippen molar-refractivity contribution in [2.45, 2.75) is 44.3 Å². The largest absolute Gasteiger partial charge is 0.368 e. The van der Waals surface area contributed by atoms with E-state index in [0.717, 1.165) is 16.7 Å². The molecule has 1 aliphatic heterocycles. The Hall–Kier alpha value is -3.68. The molecule has 0 unspecified atom stereocenters. The molecule has 4 amide bonds. The van der Waals surface area contributed by atoms with Crippen LogP contribution in [0, 0.1) is 6.92 Å². The molecule has 3 rings (SSSR count). The quantitative estimate of drug-likeness (QED) is 0.481. The Kier molecular flexibility index (Phi) is 7.02. The van der Waals surface area contributed by atoms with E-state index in [0.29, 0.717) is 6.42 Å². The first-order chi connectivity index (χ1) is 14.8. The second-order valence-corrected chi connectivity index (χ2v) is 7.73. The minimum Gasteiger partial charge on any atom is -0.368 e. The van der Waals surface area contributed by atoms with Crippen molar-refractivity contribution in [2.75, 3.05) is 0 Å². The number of aryl methyl sites for hydroxylation is 1. The molecule has 1 aliphatic rings. The van der Waals surface area contributed by atoms with Gasteiger partial charge in [0.1, 0.15) is 18.1 Å². The van der Waals surface area contributed by atoms with Crippen LogP contribution < -0.4 is 21.7 Å². The van der Waals surface area contributed by atoms with Crippen LogP contribution in [0.1, 0.15) is 23.1 Å². The number of hydrogen-bond acceptors (Lipinski definition) is 4. The number of nitrogens with one attached hydrogen (secondary N) is 3. The molecular formula is C23H26N4O4. The van der Waals surface area contributed by atoms with Gasteiger partial charge in [-0.15, -0.1) is 0 Å². The Balaban J connectivity index is 1.55. The molecule has 162 valence electrons. The number of carbonyl (C=O) groups excluding carboxylic acids is 4. The van der Waals surface area contributed by atoms with Crippen LogP contribution in [0.4, 0.5) is 0 Å². The molecular weight excluding hydrogens is 396 g/mol. The lowest BCUT2D eigenvalue weighted by Crippen LogP contribution is -2.63. The van der Waals surface area contributed by atoms with E-state index in [-0.39, 0.29) is 18.7 Å². The second kappa shape index (κ2) is 9.88. The maximum absolute atomic E-state index is 12.4. The summed E-state index contributed by atoms with van der Waals surface area (Å²) in [5, 5.41) is 7.83. The van der Waals surface area contributed by atoms with E-state index in [1.807, 2.05) is 61.5 Å². The minimum atomic E-state index is -1.01. The molecule has 0 spiro atoms. The van der Waals surface area contributed by atoms with Gasteiger partial charge in [0.05, 0.1) is 6.42 Å². The Morgan fingerprint density at radius 2 is 1.55 bits per heavy atom. The Labute approximate surface area is 180 Å². The highest BCUT2D eigenvalue weighted by molar-refractivity contribution is 5.99. The first kappa shape index (κ1) is 22.0. The summed E-state index contributed by atoms with van der Waals surface area (Å²) in [6.07, 6.45) is 0.314. The lowest BCUT2D eigenvalue weighted by Gasteiger charge is -2.29. The predicted molar refractivity (Wildman–Crippen MR) is 115 cm³/mol. The van der Waals surface area contributed by atoms with Crippen LogP contribution in [0.2, 0.25) is 0 Å². The van der Waals surface area contributed by atoms with Crippen LogP contribution in [0.5, 0.6) is 0 Å². The molecule has 1 fully saturated rings. The molecule has 8 heteroatoms. The van der Waals surface area contributed by atoms with Crippen molar-refractivity contribution in [3.63, 3.8) is 0 Å². The van der Waals surface area contributed by atoms with Gasteiger partial charge in [0.2, 0.25) is 23.6 Å². The van der Waals surface area contributed by atoms with Crippen molar-refractivity contribution in [3.05, 3.63) is 71.3 Å². The van der Waals surface area contributed by atoms with Crippen molar-refractivity contribution in [2.24, 2.45) is 5.73 Å². The van der Waals surface area contributed by atoms with Gasteiger partial charge in [-0.05, 0) is 18.1 Å². The summed E-state index contributed by atoms with van der Waals surface area (Å²) in [4.78, 5) is 49.1. The Morgan fingerprint density at radius 1 is 0.935 bits per heavy atom. The zero-order chi connectivity index (χ0) is 22.4. The molecule has 5 N–H and O–H groups in total. The molecule has 8 nitrogen and oxygen atoms in total. The summed E-state index contributed by atoms with van der Waals surface area (Å²) >= 11 is 0. The van der Waals surface area contributed by atoms with Gasteiger partial charge in [0.25, 0.3) is 0 Å². The molecule has 0 aliphatic carbocycles. The summed E-state index contributed by atoms with van der Waals surface area (Å²) in [7, 11) is 0. The zero-order valence-corrected chi connectivity index (χ0v) is 17.3. The smallest absolute Gasteiger partial charge is 0.243 e. The SMILES string of the molecule is Cc1ccc(C[C@@H](NC(=O)C[C@@H]2NC(=O)[C@H](Cc3ccccc3)NC2=O)C(N)=O)cc1. The average Bonchev–Trinajstić information content (AvgIpc) is 2.73. The van der Waals surface area contributed by atoms with E-state index in [1.54, 1.807) is 0 Å². The highest BCUT2D eigenvalue weighted by Crippen LogP contribution is 2.10. The maximum Gasteiger partial charge on any atom is 0.243 e. The zero-order valence-electron chi connectivity index (χ0n) is 17.3. The number of amides is 4. The number of benzene rings is 2. The molecule has 31 heavy (non-hydrogen) atoms. The standard InChI is InChI=1S/C23H26N4O4/c1-14-7-9-16(10-8-14)11-17(21(24)29)25-20(28)13-19-23(31)26-18(22(30)27-19)12-15-5-3-2-4-6-15/h2-10,17-19H,11-13H2,1H3,(H2,24,29)(H,25,28)(H,26,31)(H,27,30)/t17-,18+,19+/m1/s1. The monoisotopic (exact) mass is 422 g/mol. The molecule has 2 aromatic rings. The van der Waals surface area contributed by atoms with E-state index in [4.69, 9.17) is 5.73 Å². The topological polar surface area (TPSA) is 130 Å². The predicted octanol–water partition coefficient (Wildman–Crippen LogP) is 0.124. The lowest BCUT2D eigenvalue weighted by atomic mass is 10.0. The highest BCUT2D eigenvalue weighted by Gasteiger charge is 2.35. The Morgan fingerprint density at radius 3 is 2.19 bits per heavy atom. The third-order valence-electron chi connectivity index (χ3n) is 5.18. The summed E-state index contributed by atoms with van der Waals surface area (Å²) < 4.78 is 0. The minimum absolute atomic E-state index is 0.240. The number of nitrogens with two attached hydrogens (primary N) is 1. The molecule has 0 bridgehead atoms. The first-order valence-electron chi connectivity index (χ1n) is 10.1. The van der Waals surface area contributed by atoms with Gasteiger partial charge in [-0.1, -0.05) is 60.2 Å². The fraction of sp³-hybridized carbons (Fsp3) is 0.304. The summed E-state index contributed by atoms with van der Waals surface area (Å²) in [5.74, 6) is -2.01. The number of carbonyl (C=O) groups is 4. The third kappa shape index (κ3) is 6.15. The van der Waals surface area contributed by atoms with Crippen LogP contribution >= 0.6 is 0 Å². The molecule has 2 aromatic carbocycles. The fourth-order valence-electron chi connectivity index (χ4n) is 3.43. The molecule has 0 radical (unpaired) electrons. The fourth-order valence-corrected chi connectivity index (χ4v) is 3.43. The van der Waals surface area contributed by atoms with Crippen molar-refractivity contribution in [3.8, 4) is 0 Å².